The van der Waals surface area contributed by atoms with Crippen molar-refractivity contribution in [3.05, 3.63) is 84.7 Å². The Morgan fingerprint density at radius 2 is 1.31 bits per heavy atom. The number of nitrogens with zero attached hydrogens (tertiary/aromatic N) is 5. The van der Waals surface area contributed by atoms with E-state index in [0.717, 1.165) is 65.7 Å². The fraction of sp³-hybridized carbons (Fsp3) is 0.429. The average molecular weight is 812 g/mol. The van der Waals surface area contributed by atoms with Crippen LogP contribution in [0.3, 0.4) is 0 Å². The molecule has 306 valence electrons. The molecule has 2 aromatic heterocycles. The van der Waals surface area contributed by atoms with Gasteiger partial charge in [0.15, 0.2) is 0 Å². The highest BCUT2D eigenvalue weighted by Gasteiger charge is 2.42. The van der Waals surface area contributed by atoms with Gasteiger partial charge in [-0.3, -0.25) is 9.59 Å². The lowest BCUT2D eigenvalue weighted by molar-refractivity contribution is -0.136. The molecule has 0 spiro atoms. The van der Waals surface area contributed by atoms with Crippen molar-refractivity contribution >= 4 is 35.8 Å². The van der Waals surface area contributed by atoms with E-state index in [-0.39, 0.29) is 30.3 Å². The topological polar surface area (TPSA) is 178 Å². The van der Waals surface area contributed by atoms with Crippen LogP contribution < -0.4 is 10.6 Å². The molecule has 0 unspecified atom stereocenters. The quantitative estimate of drug-likeness (QED) is 0.0966. The van der Waals surface area contributed by atoms with Crippen molar-refractivity contribution in [2.24, 2.45) is 11.8 Å². The number of hydrogen-bond acceptors (Lipinski definition) is 9. The lowest BCUT2D eigenvalue weighted by Crippen LogP contribution is -2.52. The molecule has 3 aliphatic rings. The smallest absolute Gasteiger partial charge is 0.407 e. The number of ether oxygens (including phenoxy) is 2. The number of amides is 4. The third-order valence-electron chi connectivity index (χ3n) is 11.3. The van der Waals surface area contributed by atoms with Gasteiger partial charge in [0.25, 0.3) is 0 Å². The van der Waals surface area contributed by atoms with Crippen LogP contribution >= 0.6 is 11.8 Å². The molecule has 15 nitrogen and oxygen atoms in total. The Morgan fingerprint density at radius 3 is 1.90 bits per heavy atom. The zero-order valence-corrected chi connectivity index (χ0v) is 33.9. The maximum Gasteiger partial charge on any atom is 0.407 e. The first kappa shape index (κ1) is 40.5. The molecule has 16 heteroatoms. The molecule has 4 heterocycles. The van der Waals surface area contributed by atoms with E-state index in [9.17, 15) is 19.2 Å². The van der Waals surface area contributed by atoms with Gasteiger partial charge in [-0.05, 0) is 58.7 Å². The van der Waals surface area contributed by atoms with Crippen molar-refractivity contribution in [2.45, 2.75) is 70.1 Å². The van der Waals surface area contributed by atoms with E-state index in [1.54, 1.807) is 26.6 Å². The van der Waals surface area contributed by atoms with Gasteiger partial charge in [-0.2, -0.15) is 4.42 Å². The third kappa shape index (κ3) is 8.75. The highest BCUT2D eigenvalue weighted by molar-refractivity contribution is 6.13. The van der Waals surface area contributed by atoms with E-state index in [2.05, 4.69) is 54.8 Å². The number of hydrogen-bond donors (Lipinski definition) is 4. The molecule has 58 heavy (non-hydrogen) atoms. The number of H-pyrrole nitrogens is 2. The molecule has 2 aromatic carbocycles. The third-order valence-corrected chi connectivity index (χ3v) is 11.6. The second-order valence-electron chi connectivity index (χ2n) is 15.4. The molecule has 4 amide bonds. The van der Waals surface area contributed by atoms with Crippen molar-refractivity contribution in [3.63, 3.8) is 0 Å². The highest BCUT2D eigenvalue weighted by Crippen LogP contribution is 2.34. The zero-order chi connectivity index (χ0) is 40.9. The minimum absolute atomic E-state index is 0.0257. The molecular weight excluding hydrogens is 762 g/mol. The lowest BCUT2D eigenvalue weighted by atomic mass is 9.83. The number of halogens is 1. The Kier molecular flexibility index (Phi) is 12.5. The summed E-state index contributed by atoms with van der Waals surface area (Å²) in [7, 11) is 2.58. The van der Waals surface area contributed by atoms with Crippen LogP contribution in [0.15, 0.2) is 73.1 Å². The average Bonchev–Trinajstić information content (AvgIpc) is 4.09. The van der Waals surface area contributed by atoms with Gasteiger partial charge in [0, 0.05) is 13.1 Å². The number of imidazole rings is 2. The highest BCUT2D eigenvalue weighted by atomic mass is 35.5. The molecule has 4 N–H and O–H groups in total. The number of carbonyl (C=O) groups is 4. The molecule has 1 aliphatic carbocycles. The number of aromatic nitrogens is 4. The van der Waals surface area contributed by atoms with Crippen LogP contribution in [0, 0.1) is 11.8 Å². The van der Waals surface area contributed by atoms with Gasteiger partial charge in [0.05, 0.1) is 44.7 Å². The summed E-state index contributed by atoms with van der Waals surface area (Å²) in [6, 6.07) is 14.1. The fourth-order valence-corrected chi connectivity index (χ4v) is 8.36. The van der Waals surface area contributed by atoms with E-state index in [1.807, 2.05) is 50.3 Å². The molecule has 0 bridgehead atoms. The molecule has 7 rings (SSSR count). The SMILES string of the molecule is COC(=O)N[C@H](C(=O)N1CC=C[C@H]1c1ncc(-c2ccc(-c3ccc(-c4cnc([C@@H]5CN(Cl)CN5C(=O)[C@@H](NC(=O)OC)C5CCCCC5)[nH]4)cc3)cc2)[nH]1)C(C)C. The normalized spacial score (nSPS) is 19.6. The number of aromatic amines is 2. The second-order valence-corrected chi connectivity index (χ2v) is 15.8. The molecular formula is C42H50ClN9O6. The Hall–Kier alpha value is -5.67. The van der Waals surface area contributed by atoms with Crippen LogP contribution in [0.4, 0.5) is 9.59 Å². The Bertz CT molecular complexity index is 2110. The number of rotatable bonds is 11. The second kappa shape index (κ2) is 17.9. The van der Waals surface area contributed by atoms with E-state index in [0.29, 0.717) is 24.7 Å². The van der Waals surface area contributed by atoms with Crippen LogP contribution in [0.5, 0.6) is 0 Å². The van der Waals surface area contributed by atoms with E-state index < -0.39 is 36.4 Å². The van der Waals surface area contributed by atoms with Crippen LogP contribution in [-0.2, 0) is 19.1 Å². The van der Waals surface area contributed by atoms with E-state index in [4.69, 9.17) is 21.3 Å². The molecule has 1 saturated heterocycles. The predicted molar refractivity (Wildman–Crippen MR) is 218 cm³/mol. The Labute approximate surface area is 342 Å². The van der Waals surface area contributed by atoms with E-state index >= 15 is 0 Å². The number of alkyl carbamates (subject to hydrolysis) is 2. The standard InChI is InChI=1S/C42H50ClN9O6/c1-25(2)35(48-41(55)57-3)39(53)51-20-8-11-33(51)37-44-21-31(46-37)28-16-12-26(13-17-28)27-14-18-29(19-15-27)32-22-45-38(47-32)34-23-50(43)24-52(34)40(54)36(49-42(56)58-4)30-9-6-5-7-10-30/h8,11-19,21-22,25,30,33-36H,5-7,9-10,20,23-24H2,1-4H3,(H,44,46)(H,45,47)(H,48,55)(H,49,56)/t33-,34-,35-,36-/m0/s1. The first-order valence-electron chi connectivity index (χ1n) is 19.7. The van der Waals surface area contributed by atoms with Crippen LogP contribution in [0.1, 0.15) is 69.7 Å². The van der Waals surface area contributed by atoms with Crippen molar-refractivity contribution in [1.29, 1.82) is 0 Å². The lowest BCUT2D eigenvalue weighted by Gasteiger charge is -2.33. The molecule has 1 saturated carbocycles. The van der Waals surface area contributed by atoms with Gasteiger partial charge < -0.3 is 39.9 Å². The maximum atomic E-state index is 14.0. The van der Waals surface area contributed by atoms with Gasteiger partial charge in [0.1, 0.15) is 35.8 Å². The molecule has 2 fully saturated rings. The number of benzene rings is 2. The van der Waals surface area contributed by atoms with Crippen molar-refractivity contribution in [3.8, 4) is 33.6 Å². The summed E-state index contributed by atoms with van der Waals surface area (Å²) in [5.41, 5.74) is 5.56. The summed E-state index contributed by atoms with van der Waals surface area (Å²) >= 11 is 6.49. The summed E-state index contributed by atoms with van der Waals surface area (Å²) in [4.78, 5) is 71.3. The minimum atomic E-state index is -0.733. The number of nitrogens with one attached hydrogen (secondary N) is 4. The Morgan fingerprint density at radius 1 is 0.759 bits per heavy atom. The zero-order valence-electron chi connectivity index (χ0n) is 33.1. The monoisotopic (exact) mass is 811 g/mol. The summed E-state index contributed by atoms with van der Waals surface area (Å²) in [5.74, 6) is 0.737. The van der Waals surface area contributed by atoms with Crippen LogP contribution in [0.25, 0.3) is 33.6 Å². The summed E-state index contributed by atoms with van der Waals surface area (Å²) in [5, 5.41) is 5.48. The molecule has 4 atom stereocenters. The minimum Gasteiger partial charge on any atom is -0.453 e. The van der Waals surface area contributed by atoms with Crippen molar-refractivity contribution < 1.29 is 28.7 Å². The molecule has 0 radical (unpaired) electrons. The van der Waals surface area contributed by atoms with Gasteiger partial charge in [-0.25, -0.2) is 19.6 Å². The summed E-state index contributed by atoms with van der Waals surface area (Å²) in [6.07, 6.45) is 11.0. The fourth-order valence-electron chi connectivity index (χ4n) is 8.11. The first-order valence-corrected chi connectivity index (χ1v) is 20.1. The Balaban J connectivity index is 1.01. The van der Waals surface area contributed by atoms with Gasteiger partial charge in [-0.1, -0.05) is 93.8 Å². The largest absolute Gasteiger partial charge is 0.453 e. The summed E-state index contributed by atoms with van der Waals surface area (Å²) in [6.45, 7) is 4.75. The summed E-state index contributed by atoms with van der Waals surface area (Å²) < 4.78 is 11.2. The number of methoxy groups -OCH3 is 2. The van der Waals surface area contributed by atoms with Crippen LogP contribution in [-0.4, -0.2) is 104 Å². The molecule has 4 aromatic rings. The maximum absolute atomic E-state index is 14.0. The predicted octanol–water partition coefficient (Wildman–Crippen LogP) is 6.56. The van der Waals surface area contributed by atoms with E-state index in [1.165, 1.54) is 14.2 Å². The first-order chi connectivity index (χ1) is 28.0. The van der Waals surface area contributed by atoms with Crippen LogP contribution in [0.2, 0.25) is 0 Å². The molecule has 2 aliphatic heterocycles. The number of carbonyl (C=O) groups excluding carboxylic acids is 4. The van der Waals surface area contributed by atoms with Gasteiger partial charge in [-0.15, -0.1) is 0 Å². The van der Waals surface area contributed by atoms with Crippen molar-refractivity contribution in [2.75, 3.05) is 34.0 Å². The van der Waals surface area contributed by atoms with Gasteiger partial charge in [0.2, 0.25) is 11.8 Å². The van der Waals surface area contributed by atoms with Gasteiger partial charge >= 0.3 is 12.2 Å². The van der Waals surface area contributed by atoms with Crippen molar-refractivity contribution in [1.82, 2.24) is 44.8 Å².